The largest absolute Gasteiger partial charge is 1.00 e. The molecule has 0 aromatic carbocycles. The summed E-state index contributed by atoms with van der Waals surface area (Å²) >= 11 is 0. The number of hydrogen-bond acceptors (Lipinski definition) is 4. The molecule has 2 unspecified atom stereocenters. The number of hydrogen-bond donors (Lipinski definition) is 1. The molecule has 0 aromatic heterocycles. The van der Waals surface area contributed by atoms with Crippen LogP contribution < -0.4 is 29.6 Å². The molecule has 4 nitrogen and oxygen atoms in total. The van der Waals surface area contributed by atoms with Crippen molar-refractivity contribution in [3.05, 3.63) is 0 Å². The first-order valence-electron chi connectivity index (χ1n) is 10.5. The van der Waals surface area contributed by atoms with Gasteiger partial charge in [0.1, 0.15) is 0 Å². The molecule has 0 aromatic rings. The quantitative estimate of drug-likeness (QED) is 0.218. The van der Waals surface area contributed by atoms with Gasteiger partial charge in [0.15, 0.2) is 0 Å². The summed E-state index contributed by atoms with van der Waals surface area (Å²) in [5.41, 5.74) is 0. The summed E-state index contributed by atoms with van der Waals surface area (Å²) in [6.45, 7) is 4.30. The number of aliphatic hydroxyl groups is 1. The van der Waals surface area contributed by atoms with E-state index >= 15 is 0 Å². The topological polar surface area (TPSA) is 77.4 Å². The van der Waals surface area contributed by atoms with E-state index in [4.69, 9.17) is 0 Å². The van der Waals surface area contributed by atoms with Crippen LogP contribution in [0.2, 0.25) is 0 Å². The van der Waals surface area contributed by atoms with Crippen molar-refractivity contribution in [1.82, 2.24) is 0 Å². The van der Waals surface area contributed by atoms with Crippen molar-refractivity contribution in [2.45, 2.75) is 128 Å². The standard InChI is InChI=1S/C20H42O4S.Na/c1-3-5-7-11-15-19(21)16-12-9-10-14-18-20(25(22,23)24)17-13-8-6-4-2;/h19-21H,3-18H2,1-2H3,(H,22,23,24);/q;+1/p-1. The minimum Gasteiger partial charge on any atom is -0.748 e. The van der Waals surface area contributed by atoms with E-state index < -0.39 is 15.4 Å². The van der Waals surface area contributed by atoms with Gasteiger partial charge in [-0.3, -0.25) is 0 Å². The predicted molar refractivity (Wildman–Crippen MR) is 105 cm³/mol. The summed E-state index contributed by atoms with van der Waals surface area (Å²) < 4.78 is 34.1. The summed E-state index contributed by atoms with van der Waals surface area (Å²) in [7, 11) is -4.16. The van der Waals surface area contributed by atoms with Crippen LogP contribution in [0.25, 0.3) is 0 Å². The summed E-state index contributed by atoms with van der Waals surface area (Å²) in [6, 6.07) is 0. The fourth-order valence-corrected chi connectivity index (χ4v) is 4.20. The average molecular weight is 401 g/mol. The second-order valence-corrected chi connectivity index (χ2v) is 9.11. The van der Waals surface area contributed by atoms with Crippen LogP contribution in [0, 0.1) is 0 Å². The van der Waals surface area contributed by atoms with E-state index in [-0.39, 0.29) is 35.7 Å². The van der Waals surface area contributed by atoms with E-state index in [1.54, 1.807) is 0 Å². The van der Waals surface area contributed by atoms with Crippen LogP contribution in [0.15, 0.2) is 0 Å². The fraction of sp³-hybridized carbons (Fsp3) is 1.00. The first-order valence-corrected chi connectivity index (χ1v) is 12.0. The van der Waals surface area contributed by atoms with Gasteiger partial charge in [0.25, 0.3) is 0 Å². The molecule has 0 spiro atoms. The Morgan fingerprint density at radius 2 is 1.04 bits per heavy atom. The van der Waals surface area contributed by atoms with Gasteiger partial charge >= 0.3 is 29.6 Å². The first kappa shape index (κ1) is 29.1. The zero-order chi connectivity index (χ0) is 19.0. The minimum absolute atomic E-state index is 0. The maximum Gasteiger partial charge on any atom is 1.00 e. The molecule has 0 aliphatic rings. The van der Waals surface area contributed by atoms with Crippen LogP contribution in [0.1, 0.15) is 117 Å². The Labute approximate surface area is 185 Å². The predicted octanol–water partition coefficient (Wildman–Crippen LogP) is 2.55. The molecule has 0 aliphatic heterocycles. The third-order valence-corrected chi connectivity index (χ3v) is 6.28. The molecule has 1 N–H and O–H groups in total. The summed E-state index contributed by atoms with van der Waals surface area (Å²) in [6.07, 6.45) is 15.1. The van der Waals surface area contributed by atoms with Gasteiger partial charge in [0, 0.05) is 5.25 Å². The third kappa shape index (κ3) is 18.2. The van der Waals surface area contributed by atoms with Crippen molar-refractivity contribution in [3.8, 4) is 0 Å². The van der Waals surface area contributed by atoms with Crippen molar-refractivity contribution >= 4 is 10.1 Å². The minimum atomic E-state index is -4.16. The van der Waals surface area contributed by atoms with Crippen LogP contribution in [0.5, 0.6) is 0 Å². The van der Waals surface area contributed by atoms with Gasteiger partial charge in [-0.2, -0.15) is 0 Å². The van der Waals surface area contributed by atoms with E-state index in [2.05, 4.69) is 13.8 Å². The Hall–Kier alpha value is 0.870. The zero-order valence-electron chi connectivity index (χ0n) is 17.5. The van der Waals surface area contributed by atoms with Crippen molar-refractivity contribution in [2.24, 2.45) is 0 Å². The van der Waals surface area contributed by atoms with Crippen LogP contribution in [-0.2, 0) is 10.1 Å². The van der Waals surface area contributed by atoms with Gasteiger partial charge in [-0.15, -0.1) is 0 Å². The third-order valence-electron chi connectivity index (χ3n) is 4.99. The van der Waals surface area contributed by atoms with E-state index in [0.29, 0.717) is 12.8 Å². The van der Waals surface area contributed by atoms with Gasteiger partial charge in [-0.05, 0) is 25.7 Å². The molecule has 26 heavy (non-hydrogen) atoms. The number of rotatable bonds is 18. The normalized spacial score (nSPS) is 14.0. The Morgan fingerprint density at radius 3 is 1.38 bits per heavy atom. The van der Waals surface area contributed by atoms with Crippen LogP contribution in [0.4, 0.5) is 0 Å². The molecule has 0 bridgehead atoms. The number of unbranched alkanes of at least 4 members (excludes halogenated alkanes) is 9. The Morgan fingerprint density at radius 1 is 0.692 bits per heavy atom. The maximum absolute atomic E-state index is 11.4. The van der Waals surface area contributed by atoms with Gasteiger partial charge in [-0.25, -0.2) is 8.42 Å². The molecule has 0 fully saturated rings. The second-order valence-electron chi connectivity index (χ2n) is 7.46. The summed E-state index contributed by atoms with van der Waals surface area (Å²) in [5.74, 6) is 0. The molecule has 0 heterocycles. The smallest absolute Gasteiger partial charge is 0.748 e. The van der Waals surface area contributed by atoms with E-state index in [0.717, 1.165) is 70.6 Å². The molecule has 0 amide bonds. The molecule has 152 valence electrons. The molecular weight excluding hydrogens is 359 g/mol. The molecular formula is C20H41NaO4S. The van der Waals surface area contributed by atoms with Crippen LogP contribution in [0.3, 0.4) is 0 Å². The van der Waals surface area contributed by atoms with Crippen LogP contribution in [-0.4, -0.2) is 29.4 Å². The van der Waals surface area contributed by atoms with Crippen molar-refractivity contribution in [3.63, 3.8) is 0 Å². The molecule has 6 heteroatoms. The first-order chi connectivity index (χ1) is 11.9. The zero-order valence-corrected chi connectivity index (χ0v) is 20.4. The molecule has 0 aliphatic carbocycles. The summed E-state index contributed by atoms with van der Waals surface area (Å²) in [4.78, 5) is 0. The fourth-order valence-electron chi connectivity index (χ4n) is 3.29. The van der Waals surface area contributed by atoms with Gasteiger partial charge in [0.05, 0.1) is 16.2 Å². The maximum atomic E-state index is 11.4. The SMILES string of the molecule is CCCCCCC(O)CCCCCCC(CCCCCC)S(=O)(=O)[O-].[Na+]. The monoisotopic (exact) mass is 400 g/mol. The Balaban J connectivity index is 0. The van der Waals surface area contributed by atoms with E-state index in [1.807, 2.05) is 0 Å². The molecule has 0 rings (SSSR count). The van der Waals surface area contributed by atoms with Gasteiger partial charge in [-0.1, -0.05) is 90.9 Å². The Bertz CT molecular complexity index is 387. The average Bonchev–Trinajstić information content (AvgIpc) is 2.55. The van der Waals surface area contributed by atoms with E-state index in [9.17, 15) is 18.1 Å². The van der Waals surface area contributed by atoms with E-state index in [1.165, 1.54) is 19.3 Å². The van der Waals surface area contributed by atoms with Crippen LogP contribution >= 0.6 is 0 Å². The van der Waals surface area contributed by atoms with Crippen molar-refractivity contribution < 1.29 is 47.6 Å². The van der Waals surface area contributed by atoms with Crippen molar-refractivity contribution in [1.29, 1.82) is 0 Å². The summed E-state index contributed by atoms with van der Waals surface area (Å²) in [5, 5.41) is 9.22. The molecule has 0 saturated heterocycles. The Kier molecular flexibility index (Phi) is 21.5. The van der Waals surface area contributed by atoms with Gasteiger partial charge < -0.3 is 9.66 Å². The molecule has 0 saturated carbocycles. The molecule has 0 radical (unpaired) electrons. The number of aliphatic hydroxyl groups excluding tert-OH is 1. The van der Waals surface area contributed by atoms with Gasteiger partial charge in [0.2, 0.25) is 0 Å². The second kappa shape index (κ2) is 19.2. The molecule has 2 atom stereocenters. The van der Waals surface area contributed by atoms with Crippen molar-refractivity contribution in [2.75, 3.05) is 0 Å².